The number of hydrogen-bond acceptors (Lipinski definition) is 5. The number of fused-ring (bicyclic) bond motifs is 2. The average Bonchev–Trinajstić information content (AvgIpc) is 3.15. The van der Waals surface area contributed by atoms with E-state index in [0.29, 0.717) is 16.4 Å². The summed E-state index contributed by atoms with van der Waals surface area (Å²) in [6, 6.07) is 10.7. The molecule has 1 aliphatic rings. The molecule has 1 N–H and O–H groups in total. The molecule has 28 heavy (non-hydrogen) atoms. The number of amides is 1. The van der Waals surface area contributed by atoms with Gasteiger partial charge in [-0.2, -0.15) is 0 Å². The maximum atomic E-state index is 13.0. The van der Waals surface area contributed by atoms with Crippen molar-refractivity contribution in [1.29, 1.82) is 0 Å². The van der Waals surface area contributed by atoms with Crippen LogP contribution in [-0.2, 0) is 22.4 Å². The smallest absolute Gasteiger partial charge is 0.339 e. The Morgan fingerprint density at radius 3 is 2.79 bits per heavy atom. The molecule has 0 bridgehead atoms. The van der Waals surface area contributed by atoms with Gasteiger partial charge in [-0.05, 0) is 49.9 Å². The first-order valence-electron chi connectivity index (χ1n) is 9.07. The van der Waals surface area contributed by atoms with Crippen LogP contribution in [0.2, 0.25) is 5.02 Å². The molecule has 1 atom stereocenters. The number of benzene rings is 1. The fourth-order valence-electron chi connectivity index (χ4n) is 3.39. The van der Waals surface area contributed by atoms with Gasteiger partial charge in [0.1, 0.15) is 5.82 Å². The lowest BCUT2D eigenvalue weighted by molar-refractivity contribution is -0.123. The maximum Gasteiger partial charge on any atom is 0.339 e. The first-order valence-corrected chi connectivity index (χ1v) is 9.44. The Hall–Kier alpha value is -2.99. The molecule has 7 heteroatoms. The molecule has 0 fully saturated rings. The number of ether oxygens (including phenoxy) is 1. The first kappa shape index (κ1) is 18.4. The summed E-state index contributed by atoms with van der Waals surface area (Å²) in [7, 11) is 0. The van der Waals surface area contributed by atoms with Gasteiger partial charge in [-0.3, -0.25) is 9.78 Å². The summed E-state index contributed by atoms with van der Waals surface area (Å²) in [5.41, 5.74) is 3.14. The Labute approximate surface area is 166 Å². The molecule has 2 heterocycles. The van der Waals surface area contributed by atoms with Crippen LogP contribution in [-0.4, -0.2) is 27.9 Å². The van der Waals surface area contributed by atoms with Crippen LogP contribution in [0, 0.1) is 0 Å². The molecule has 0 spiro atoms. The third-order valence-corrected chi connectivity index (χ3v) is 4.98. The molecule has 3 aromatic rings. The van der Waals surface area contributed by atoms with Crippen LogP contribution in [0.25, 0.3) is 10.9 Å². The number of aromatic nitrogens is 2. The number of pyridine rings is 2. The van der Waals surface area contributed by atoms with Gasteiger partial charge in [0.05, 0.1) is 16.1 Å². The van der Waals surface area contributed by atoms with Crippen LogP contribution >= 0.6 is 11.6 Å². The topological polar surface area (TPSA) is 81.2 Å². The Bertz CT molecular complexity index is 1070. The molecule has 1 amide bonds. The van der Waals surface area contributed by atoms with Gasteiger partial charge in [-0.1, -0.05) is 29.8 Å². The second kappa shape index (κ2) is 7.56. The number of carbonyl (C=O) groups excluding carboxylic acids is 2. The Balaban J connectivity index is 1.57. The molecule has 0 aliphatic heterocycles. The predicted molar refractivity (Wildman–Crippen MR) is 107 cm³/mol. The molecule has 0 saturated carbocycles. The molecular formula is C21H18ClN3O3. The minimum atomic E-state index is -0.978. The van der Waals surface area contributed by atoms with E-state index >= 15 is 0 Å². The standard InChI is InChI=1S/C21H18ClN3O3/c1-12(20(26)25-18-10-9-13(22)11-23-18)28-21(27)19-14-5-2-3-7-16(14)24-17-8-4-6-15(17)19/h2-3,5,7,9-12H,4,6,8H2,1H3,(H,23,25,26)/t12-/m0/s1. The highest BCUT2D eigenvalue weighted by Gasteiger charge is 2.27. The SMILES string of the molecule is C[C@H](OC(=O)c1c2c(nc3ccccc13)CCC2)C(=O)Nc1ccc(Cl)cn1. The zero-order valence-corrected chi connectivity index (χ0v) is 16.0. The number of rotatable bonds is 4. The quantitative estimate of drug-likeness (QED) is 0.676. The average molecular weight is 396 g/mol. The number of para-hydroxylation sites is 1. The molecule has 0 unspecified atom stereocenters. The van der Waals surface area contributed by atoms with Crippen molar-refractivity contribution >= 4 is 40.2 Å². The Kier molecular flexibility index (Phi) is 4.96. The van der Waals surface area contributed by atoms with Crippen LogP contribution in [0.1, 0.15) is 35.0 Å². The number of esters is 1. The summed E-state index contributed by atoms with van der Waals surface area (Å²) in [6.45, 7) is 1.53. The third kappa shape index (κ3) is 3.55. The zero-order chi connectivity index (χ0) is 19.7. The van der Waals surface area contributed by atoms with Gasteiger partial charge in [0.15, 0.2) is 6.10 Å². The summed E-state index contributed by atoms with van der Waals surface area (Å²) in [4.78, 5) is 34.0. The third-order valence-electron chi connectivity index (χ3n) is 4.76. The Morgan fingerprint density at radius 1 is 1.18 bits per heavy atom. The van der Waals surface area contributed by atoms with Crippen LogP contribution in [0.4, 0.5) is 5.82 Å². The lowest BCUT2D eigenvalue weighted by Gasteiger charge is -2.16. The largest absolute Gasteiger partial charge is 0.449 e. The molecule has 1 aromatic carbocycles. The monoisotopic (exact) mass is 395 g/mol. The van der Waals surface area contributed by atoms with Crippen molar-refractivity contribution in [2.45, 2.75) is 32.3 Å². The summed E-state index contributed by atoms with van der Waals surface area (Å²) >= 11 is 5.79. The van der Waals surface area contributed by atoms with Crippen LogP contribution < -0.4 is 5.32 Å². The van der Waals surface area contributed by atoms with Crippen LogP contribution in [0.3, 0.4) is 0 Å². The summed E-state index contributed by atoms with van der Waals surface area (Å²) in [5.74, 6) is -0.630. The number of carbonyl (C=O) groups is 2. The predicted octanol–water partition coefficient (Wildman–Crippen LogP) is 3.96. The molecule has 0 saturated heterocycles. The van der Waals surface area contributed by atoms with Crippen LogP contribution in [0.5, 0.6) is 0 Å². The molecular weight excluding hydrogens is 378 g/mol. The number of aryl methyl sites for hydroxylation is 1. The van der Waals surface area contributed by atoms with Crippen molar-refractivity contribution in [3.63, 3.8) is 0 Å². The molecule has 4 rings (SSSR count). The van der Waals surface area contributed by atoms with Gasteiger partial charge in [0.2, 0.25) is 0 Å². The van der Waals surface area contributed by atoms with Gasteiger partial charge in [-0.25, -0.2) is 9.78 Å². The highest BCUT2D eigenvalue weighted by atomic mass is 35.5. The maximum absolute atomic E-state index is 13.0. The van der Waals surface area contributed by atoms with Crippen molar-refractivity contribution in [3.05, 3.63) is 64.4 Å². The minimum absolute atomic E-state index is 0.340. The molecule has 2 aromatic heterocycles. The first-order chi connectivity index (χ1) is 13.5. The van der Waals surface area contributed by atoms with E-state index in [1.165, 1.54) is 13.1 Å². The van der Waals surface area contributed by atoms with Crippen molar-refractivity contribution in [2.24, 2.45) is 0 Å². The van der Waals surface area contributed by atoms with E-state index in [4.69, 9.17) is 16.3 Å². The summed E-state index contributed by atoms with van der Waals surface area (Å²) in [5, 5.41) is 3.84. The highest BCUT2D eigenvalue weighted by Crippen LogP contribution is 2.30. The summed E-state index contributed by atoms with van der Waals surface area (Å²) in [6.07, 6.45) is 3.04. The lowest BCUT2D eigenvalue weighted by Crippen LogP contribution is -2.30. The number of nitrogens with one attached hydrogen (secondary N) is 1. The van der Waals surface area contributed by atoms with E-state index < -0.39 is 18.0 Å². The van der Waals surface area contributed by atoms with Crippen molar-refractivity contribution in [2.75, 3.05) is 5.32 Å². The Morgan fingerprint density at radius 2 is 2.00 bits per heavy atom. The summed E-state index contributed by atoms with van der Waals surface area (Å²) < 4.78 is 5.49. The van der Waals surface area contributed by atoms with Gasteiger partial charge in [0, 0.05) is 17.3 Å². The van der Waals surface area contributed by atoms with E-state index in [1.807, 2.05) is 24.3 Å². The van der Waals surface area contributed by atoms with E-state index in [2.05, 4.69) is 15.3 Å². The van der Waals surface area contributed by atoms with Gasteiger partial charge >= 0.3 is 5.97 Å². The fraction of sp³-hybridized carbons (Fsp3) is 0.238. The zero-order valence-electron chi connectivity index (χ0n) is 15.2. The van der Waals surface area contributed by atoms with Crippen molar-refractivity contribution < 1.29 is 14.3 Å². The number of halogens is 1. The number of anilines is 1. The van der Waals surface area contributed by atoms with Crippen molar-refractivity contribution in [3.8, 4) is 0 Å². The van der Waals surface area contributed by atoms with Gasteiger partial charge in [-0.15, -0.1) is 0 Å². The van der Waals surface area contributed by atoms with Crippen LogP contribution in [0.15, 0.2) is 42.6 Å². The van der Waals surface area contributed by atoms with Crippen molar-refractivity contribution in [1.82, 2.24) is 9.97 Å². The second-order valence-electron chi connectivity index (χ2n) is 6.68. The molecule has 6 nitrogen and oxygen atoms in total. The lowest BCUT2D eigenvalue weighted by atomic mass is 10.0. The second-order valence-corrected chi connectivity index (χ2v) is 7.12. The fourth-order valence-corrected chi connectivity index (χ4v) is 3.51. The normalized spacial score (nSPS) is 13.8. The molecule has 0 radical (unpaired) electrons. The van der Waals surface area contributed by atoms with E-state index in [-0.39, 0.29) is 0 Å². The van der Waals surface area contributed by atoms with E-state index in [9.17, 15) is 9.59 Å². The number of nitrogens with zero attached hydrogens (tertiary/aromatic N) is 2. The highest BCUT2D eigenvalue weighted by molar-refractivity contribution is 6.30. The van der Waals surface area contributed by atoms with Gasteiger partial charge < -0.3 is 10.1 Å². The van der Waals surface area contributed by atoms with Gasteiger partial charge in [0.25, 0.3) is 5.91 Å². The molecule has 142 valence electrons. The minimum Gasteiger partial charge on any atom is -0.449 e. The van der Waals surface area contributed by atoms with E-state index in [0.717, 1.165) is 41.4 Å². The number of hydrogen-bond donors (Lipinski definition) is 1. The molecule has 1 aliphatic carbocycles. The van der Waals surface area contributed by atoms with E-state index in [1.54, 1.807) is 12.1 Å².